The Morgan fingerprint density at radius 1 is 1.19 bits per heavy atom. The van der Waals surface area contributed by atoms with Gasteiger partial charge in [-0.3, -0.25) is 9.59 Å². The highest BCUT2D eigenvalue weighted by Crippen LogP contribution is 2.31. The van der Waals surface area contributed by atoms with Crippen molar-refractivity contribution in [3.63, 3.8) is 0 Å². The number of piperidine rings is 1. The summed E-state index contributed by atoms with van der Waals surface area (Å²) in [6, 6.07) is 2.32. The van der Waals surface area contributed by atoms with Crippen molar-refractivity contribution in [1.82, 2.24) is 9.80 Å². The first-order valence-corrected chi connectivity index (χ1v) is 8.58. The van der Waals surface area contributed by atoms with E-state index in [4.69, 9.17) is 9.47 Å². The first kappa shape index (κ1) is 18.6. The molecule has 2 unspecified atom stereocenters. The summed E-state index contributed by atoms with van der Waals surface area (Å²) in [5.41, 5.74) is -0.347. The SMILES string of the molecule is COCCN1C(=O)C2CCC1CN(C(=O)c1ccc(OC)c(F)c1F)C2. The molecule has 6 nitrogen and oxygen atoms in total. The van der Waals surface area contributed by atoms with Crippen LogP contribution >= 0.6 is 0 Å². The van der Waals surface area contributed by atoms with Crippen LogP contribution in [-0.2, 0) is 9.53 Å². The zero-order valence-corrected chi connectivity index (χ0v) is 14.8. The van der Waals surface area contributed by atoms with Crippen molar-refractivity contribution in [3.8, 4) is 5.75 Å². The molecule has 2 bridgehead atoms. The Balaban J connectivity index is 1.84. The van der Waals surface area contributed by atoms with Gasteiger partial charge in [0.2, 0.25) is 11.7 Å². The number of halogens is 2. The van der Waals surface area contributed by atoms with E-state index >= 15 is 0 Å². The van der Waals surface area contributed by atoms with Crippen LogP contribution in [0.2, 0.25) is 0 Å². The highest BCUT2D eigenvalue weighted by molar-refractivity contribution is 5.95. The molecule has 1 aromatic carbocycles. The Morgan fingerprint density at radius 2 is 1.96 bits per heavy atom. The third-order valence-corrected chi connectivity index (χ3v) is 5.11. The maximum Gasteiger partial charge on any atom is 0.257 e. The van der Waals surface area contributed by atoms with Crippen LogP contribution in [-0.4, -0.2) is 68.1 Å². The molecule has 3 aliphatic rings. The summed E-state index contributed by atoms with van der Waals surface area (Å²) in [6.07, 6.45) is 1.47. The lowest BCUT2D eigenvalue weighted by Crippen LogP contribution is -2.49. The first-order valence-electron chi connectivity index (χ1n) is 8.58. The molecule has 0 spiro atoms. The number of carbonyl (C=O) groups is 2. The molecule has 2 atom stereocenters. The Morgan fingerprint density at radius 3 is 2.65 bits per heavy atom. The van der Waals surface area contributed by atoms with Gasteiger partial charge >= 0.3 is 0 Å². The molecular formula is C18H22F2N2O4. The van der Waals surface area contributed by atoms with Gasteiger partial charge in [0, 0.05) is 32.8 Å². The molecule has 142 valence electrons. The summed E-state index contributed by atoms with van der Waals surface area (Å²) in [5.74, 6) is -3.60. The van der Waals surface area contributed by atoms with E-state index in [0.29, 0.717) is 26.1 Å². The average molecular weight is 368 g/mol. The van der Waals surface area contributed by atoms with Gasteiger partial charge in [-0.05, 0) is 25.0 Å². The van der Waals surface area contributed by atoms with E-state index in [0.717, 1.165) is 6.42 Å². The molecule has 3 fully saturated rings. The largest absolute Gasteiger partial charge is 0.494 e. The smallest absolute Gasteiger partial charge is 0.257 e. The first-order chi connectivity index (χ1) is 12.5. The molecule has 3 aliphatic heterocycles. The molecule has 0 aliphatic carbocycles. The highest BCUT2D eigenvalue weighted by Gasteiger charge is 2.42. The molecule has 0 saturated carbocycles. The van der Waals surface area contributed by atoms with Crippen LogP contribution in [0.4, 0.5) is 8.78 Å². The predicted molar refractivity (Wildman–Crippen MR) is 88.9 cm³/mol. The fourth-order valence-corrected chi connectivity index (χ4v) is 3.71. The Bertz CT molecular complexity index is 713. The second kappa shape index (κ2) is 7.57. The molecule has 2 amide bonds. The van der Waals surface area contributed by atoms with Crippen molar-refractivity contribution >= 4 is 11.8 Å². The van der Waals surface area contributed by atoms with Crippen molar-refractivity contribution in [2.75, 3.05) is 40.5 Å². The molecule has 3 heterocycles. The van der Waals surface area contributed by atoms with Crippen LogP contribution in [0.3, 0.4) is 0 Å². The van der Waals surface area contributed by atoms with E-state index in [1.54, 1.807) is 12.0 Å². The molecule has 8 heteroatoms. The van der Waals surface area contributed by atoms with Gasteiger partial charge in [-0.25, -0.2) is 4.39 Å². The van der Waals surface area contributed by atoms with Gasteiger partial charge in [-0.1, -0.05) is 0 Å². The van der Waals surface area contributed by atoms with Crippen molar-refractivity contribution in [1.29, 1.82) is 0 Å². The number of ether oxygens (including phenoxy) is 2. The highest BCUT2D eigenvalue weighted by atomic mass is 19.2. The van der Waals surface area contributed by atoms with Crippen LogP contribution < -0.4 is 4.74 Å². The summed E-state index contributed by atoms with van der Waals surface area (Å²) in [7, 11) is 2.80. The minimum atomic E-state index is -1.23. The van der Waals surface area contributed by atoms with Gasteiger partial charge in [0.15, 0.2) is 11.6 Å². The summed E-state index contributed by atoms with van der Waals surface area (Å²) in [6.45, 7) is 1.40. The van der Waals surface area contributed by atoms with Gasteiger partial charge < -0.3 is 19.3 Å². The predicted octanol–water partition coefficient (Wildman–Crippen LogP) is 1.68. The Kier molecular flexibility index (Phi) is 5.41. The maximum absolute atomic E-state index is 14.3. The molecule has 0 aromatic heterocycles. The Labute approximate surface area is 150 Å². The van der Waals surface area contributed by atoms with Crippen molar-refractivity contribution in [2.24, 2.45) is 5.92 Å². The lowest BCUT2D eigenvalue weighted by Gasteiger charge is -2.35. The topological polar surface area (TPSA) is 59.1 Å². The second-order valence-corrected chi connectivity index (χ2v) is 6.61. The molecule has 26 heavy (non-hydrogen) atoms. The lowest BCUT2D eigenvalue weighted by molar-refractivity contribution is -0.140. The monoisotopic (exact) mass is 368 g/mol. The van der Waals surface area contributed by atoms with Gasteiger partial charge in [0.25, 0.3) is 5.91 Å². The number of benzene rings is 1. The lowest BCUT2D eigenvalue weighted by atomic mass is 9.94. The summed E-state index contributed by atoms with van der Waals surface area (Å²) in [5, 5.41) is 0. The molecule has 1 aromatic rings. The van der Waals surface area contributed by atoms with Crippen LogP contribution in [0.25, 0.3) is 0 Å². The fourth-order valence-electron chi connectivity index (χ4n) is 3.71. The third-order valence-electron chi connectivity index (χ3n) is 5.11. The molecule has 0 radical (unpaired) electrons. The summed E-state index contributed by atoms with van der Waals surface area (Å²) >= 11 is 0. The molecule has 3 saturated heterocycles. The normalized spacial score (nSPS) is 22.5. The van der Waals surface area contributed by atoms with E-state index in [-0.39, 0.29) is 35.7 Å². The standard InChI is InChI=1S/C18H22F2N2O4/c1-25-8-7-22-12-4-3-11(17(22)23)9-21(10-12)18(24)13-5-6-14(26-2)16(20)15(13)19/h5-6,11-12H,3-4,7-10H2,1-2H3. The number of carbonyl (C=O) groups excluding carboxylic acids is 2. The van der Waals surface area contributed by atoms with Crippen LogP contribution in [0.5, 0.6) is 5.75 Å². The molecule has 4 rings (SSSR count). The fraction of sp³-hybridized carbons (Fsp3) is 0.556. The van der Waals surface area contributed by atoms with Gasteiger partial charge in [0.1, 0.15) is 0 Å². The van der Waals surface area contributed by atoms with Gasteiger partial charge in [-0.15, -0.1) is 0 Å². The minimum absolute atomic E-state index is 0.00464. The summed E-state index contributed by atoms with van der Waals surface area (Å²) in [4.78, 5) is 28.6. The van der Waals surface area contributed by atoms with Crippen LogP contribution in [0.1, 0.15) is 23.2 Å². The van der Waals surface area contributed by atoms with Crippen molar-refractivity contribution in [3.05, 3.63) is 29.3 Å². The zero-order chi connectivity index (χ0) is 18.8. The number of amides is 2. The maximum atomic E-state index is 14.3. The Hall–Kier alpha value is -2.22. The number of methoxy groups -OCH3 is 2. The quantitative estimate of drug-likeness (QED) is 0.794. The second-order valence-electron chi connectivity index (χ2n) is 6.61. The van der Waals surface area contributed by atoms with Gasteiger partial charge in [0.05, 0.1) is 25.2 Å². The number of hydrogen-bond acceptors (Lipinski definition) is 4. The van der Waals surface area contributed by atoms with Gasteiger partial charge in [-0.2, -0.15) is 4.39 Å². The third kappa shape index (κ3) is 3.25. The zero-order valence-electron chi connectivity index (χ0n) is 14.8. The van der Waals surface area contributed by atoms with E-state index < -0.39 is 17.5 Å². The molecule has 0 N–H and O–H groups in total. The number of rotatable bonds is 5. The van der Waals surface area contributed by atoms with E-state index in [1.807, 2.05) is 0 Å². The molecular weight excluding hydrogens is 346 g/mol. The number of fused-ring (bicyclic) bond motifs is 4. The van der Waals surface area contributed by atoms with Crippen molar-refractivity contribution < 1.29 is 27.8 Å². The van der Waals surface area contributed by atoms with Crippen molar-refractivity contribution in [2.45, 2.75) is 18.9 Å². The van der Waals surface area contributed by atoms with E-state index in [1.165, 1.54) is 24.1 Å². The van der Waals surface area contributed by atoms with Crippen LogP contribution in [0.15, 0.2) is 12.1 Å². The van der Waals surface area contributed by atoms with E-state index in [2.05, 4.69) is 0 Å². The number of nitrogens with zero attached hydrogens (tertiary/aromatic N) is 2. The van der Waals surface area contributed by atoms with E-state index in [9.17, 15) is 18.4 Å². The summed E-state index contributed by atoms with van der Waals surface area (Å²) < 4.78 is 38.0. The minimum Gasteiger partial charge on any atom is -0.494 e. The number of hydrogen-bond donors (Lipinski definition) is 0. The average Bonchev–Trinajstić information content (AvgIpc) is 2.93. The van der Waals surface area contributed by atoms with Crippen LogP contribution in [0, 0.1) is 17.6 Å².